The number of nitrogens with two attached hydrogens (primary N) is 1. The molecule has 1 aromatic carbocycles. The van der Waals surface area contributed by atoms with Crippen molar-refractivity contribution in [1.82, 2.24) is 4.90 Å². The van der Waals surface area contributed by atoms with Crippen LogP contribution in [0.15, 0.2) is 12.1 Å². The van der Waals surface area contributed by atoms with Crippen LogP contribution in [0.25, 0.3) is 0 Å². The second-order valence-electron chi connectivity index (χ2n) is 3.89. The number of methoxy groups -OCH3 is 1. The minimum absolute atomic E-state index is 0.0322. The number of hydrogen-bond acceptors (Lipinski definition) is 4. The van der Waals surface area contributed by atoms with Crippen molar-refractivity contribution in [1.29, 1.82) is 0 Å². The molecular weight excluding hydrogens is 256 g/mol. The van der Waals surface area contributed by atoms with Crippen molar-refractivity contribution in [2.45, 2.75) is 13.5 Å². The van der Waals surface area contributed by atoms with Crippen LogP contribution in [0.4, 0.5) is 0 Å². The summed E-state index contributed by atoms with van der Waals surface area (Å²) in [4.78, 5) is 12.7. The van der Waals surface area contributed by atoms with Gasteiger partial charge in [-0.2, -0.15) is 0 Å². The molecule has 0 saturated carbocycles. The van der Waals surface area contributed by atoms with E-state index in [0.29, 0.717) is 29.4 Å². The van der Waals surface area contributed by atoms with Gasteiger partial charge in [-0.3, -0.25) is 9.69 Å². The van der Waals surface area contributed by atoms with Crippen LogP contribution < -0.4 is 10.5 Å². The number of carbonyl (C=O) groups excluding carboxylic acids is 1. The zero-order valence-corrected chi connectivity index (χ0v) is 11.2. The minimum atomic E-state index is -0.412. The number of phenolic OH excluding ortho intramolecular Hbond substituents is 1. The molecule has 1 aromatic rings. The molecule has 18 heavy (non-hydrogen) atoms. The molecule has 1 rings (SSSR count). The number of primary amides is 1. The molecular formula is C12H17ClN2O3. The first-order valence-corrected chi connectivity index (χ1v) is 5.91. The highest BCUT2D eigenvalue weighted by atomic mass is 35.5. The number of hydrogen-bond donors (Lipinski definition) is 2. The summed E-state index contributed by atoms with van der Waals surface area (Å²) in [6.45, 7) is 3.05. The van der Waals surface area contributed by atoms with Crippen LogP contribution >= 0.6 is 11.6 Å². The number of amides is 1. The van der Waals surface area contributed by atoms with Crippen LogP contribution in [-0.2, 0) is 11.3 Å². The smallest absolute Gasteiger partial charge is 0.231 e. The summed E-state index contributed by atoms with van der Waals surface area (Å²) in [5.74, 6) is -0.0669. The van der Waals surface area contributed by atoms with E-state index in [1.165, 1.54) is 13.2 Å². The summed E-state index contributed by atoms with van der Waals surface area (Å²) in [6, 6.07) is 3.17. The Hall–Kier alpha value is -1.46. The van der Waals surface area contributed by atoms with Crippen molar-refractivity contribution in [2.24, 2.45) is 5.73 Å². The van der Waals surface area contributed by atoms with Gasteiger partial charge in [0.2, 0.25) is 5.91 Å². The fourth-order valence-electron chi connectivity index (χ4n) is 1.65. The Balaban J connectivity index is 2.95. The Morgan fingerprint density at radius 3 is 2.72 bits per heavy atom. The van der Waals surface area contributed by atoms with Gasteiger partial charge in [0.05, 0.1) is 13.7 Å². The number of phenols is 1. The number of halogens is 1. The lowest BCUT2D eigenvalue weighted by Crippen LogP contribution is -2.33. The van der Waals surface area contributed by atoms with Crippen LogP contribution in [-0.4, -0.2) is 36.1 Å². The monoisotopic (exact) mass is 272 g/mol. The van der Waals surface area contributed by atoms with Gasteiger partial charge in [-0.1, -0.05) is 18.5 Å². The van der Waals surface area contributed by atoms with E-state index < -0.39 is 5.91 Å². The number of rotatable bonds is 6. The van der Waals surface area contributed by atoms with Crippen molar-refractivity contribution in [3.63, 3.8) is 0 Å². The average Bonchev–Trinajstić information content (AvgIpc) is 2.31. The minimum Gasteiger partial charge on any atom is -0.504 e. The number of likely N-dealkylation sites (N-methyl/N-ethyl adjacent to an activating group) is 1. The highest BCUT2D eigenvalue weighted by molar-refractivity contribution is 6.30. The molecule has 5 nitrogen and oxygen atoms in total. The second kappa shape index (κ2) is 6.47. The Morgan fingerprint density at radius 1 is 1.56 bits per heavy atom. The van der Waals surface area contributed by atoms with Gasteiger partial charge >= 0.3 is 0 Å². The molecule has 0 aliphatic heterocycles. The first kappa shape index (κ1) is 14.6. The van der Waals surface area contributed by atoms with E-state index in [9.17, 15) is 9.90 Å². The maximum Gasteiger partial charge on any atom is 0.231 e. The molecule has 1 amide bonds. The fraction of sp³-hybridized carbons (Fsp3) is 0.417. The SMILES string of the molecule is CCN(CC(N)=O)Cc1cc(Cl)cc(OC)c1O. The van der Waals surface area contributed by atoms with Crippen LogP contribution in [0.1, 0.15) is 12.5 Å². The Morgan fingerprint density at radius 2 is 2.22 bits per heavy atom. The summed E-state index contributed by atoms with van der Waals surface area (Å²) in [5.41, 5.74) is 5.75. The predicted octanol–water partition coefficient (Wildman–Crippen LogP) is 1.36. The molecule has 0 aromatic heterocycles. The summed E-state index contributed by atoms with van der Waals surface area (Å²) in [5, 5.41) is 10.4. The first-order valence-electron chi connectivity index (χ1n) is 5.54. The van der Waals surface area contributed by atoms with Gasteiger partial charge < -0.3 is 15.6 Å². The van der Waals surface area contributed by atoms with E-state index in [1.54, 1.807) is 11.0 Å². The quantitative estimate of drug-likeness (QED) is 0.820. The van der Waals surface area contributed by atoms with Crippen molar-refractivity contribution in [2.75, 3.05) is 20.2 Å². The largest absolute Gasteiger partial charge is 0.504 e. The van der Waals surface area contributed by atoms with Gasteiger partial charge in [0.25, 0.3) is 0 Å². The van der Waals surface area contributed by atoms with Crippen LogP contribution in [0.2, 0.25) is 5.02 Å². The van der Waals surface area contributed by atoms with Gasteiger partial charge in [-0.25, -0.2) is 0 Å². The third kappa shape index (κ3) is 3.78. The third-order valence-corrected chi connectivity index (χ3v) is 2.78. The molecule has 3 N–H and O–H groups in total. The molecule has 0 radical (unpaired) electrons. The van der Waals surface area contributed by atoms with E-state index >= 15 is 0 Å². The normalized spacial score (nSPS) is 10.7. The van der Waals surface area contributed by atoms with E-state index in [2.05, 4.69) is 0 Å². The van der Waals surface area contributed by atoms with E-state index in [1.807, 2.05) is 6.92 Å². The van der Waals surface area contributed by atoms with Crippen molar-refractivity contribution in [3.05, 3.63) is 22.7 Å². The fourth-order valence-corrected chi connectivity index (χ4v) is 1.88. The highest BCUT2D eigenvalue weighted by Gasteiger charge is 2.14. The average molecular weight is 273 g/mol. The van der Waals surface area contributed by atoms with E-state index in [4.69, 9.17) is 22.1 Å². The summed E-state index contributed by atoms with van der Waals surface area (Å²) < 4.78 is 5.02. The molecule has 0 atom stereocenters. The molecule has 0 heterocycles. The van der Waals surface area contributed by atoms with Crippen molar-refractivity contribution >= 4 is 17.5 Å². The maximum absolute atomic E-state index is 10.9. The number of benzene rings is 1. The van der Waals surface area contributed by atoms with Gasteiger partial charge in [-0.15, -0.1) is 0 Å². The zero-order chi connectivity index (χ0) is 13.7. The van der Waals surface area contributed by atoms with Crippen molar-refractivity contribution in [3.8, 4) is 11.5 Å². The summed E-state index contributed by atoms with van der Waals surface area (Å²) >= 11 is 5.93. The molecule has 0 bridgehead atoms. The van der Waals surface area contributed by atoms with Crippen LogP contribution in [0.3, 0.4) is 0 Å². The number of carbonyl (C=O) groups is 1. The number of nitrogens with zero attached hydrogens (tertiary/aromatic N) is 1. The summed E-state index contributed by atoms with van der Waals surface area (Å²) in [7, 11) is 1.45. The third-order valence-electron chi connectivity index (χ3n) is 2.56. The van der Waals surface area contributed by atoms with E-state index in [0.717, 1.165) is 0 Å². The number of ether oxygens (including phenoxy) is 1. The van der Waals surface area contributed by atoms with Crippen molar-refractivity contribution < 1.29 is 14.6 Å². The summed E-state index contributed by atoms with van der Waals surface area (Å²) in [6.07, 6.45) is 0. The molecule has 0 aliphatic carbocycles. The molecule has 0 aliphatic rings. The van der Waals surface area contributed by atoms with Crippen LogP contribution in [0.5, 0.6) is 11.5 Å². The van der Waals surface area contributed by atoms with Gasteiger partial charge in [0, 0.05) is 23.2 Å². The Bertz CT molecular complexity index is 438. The molecule has 0 unspecified atom stereocenters. The standard InChI is InChI=1S/C12H17ClN2O3/c1-3-15(7-11(14)16)6-8-4-9(13)5-10(18-2)12(8)17/h4-5,17H,3,6-7H2,1-2H3,(H2,14,16). The van der Waals surface area contributed by atoms with Crippen LogP contribution in [0, 0.1) is 0 Å². The molecule has 100 valence electrons. The molecule has 0 saturated heterocycles. The highest BCUT2D eigenvalue weighted by Crippen LogP contribution is 2.34. The van der Waals surface area contributed by atoms with E-state index in [-0.39, 0.29) is 12.3 Å². The molecule has 0 spiro atoms. The lowest BCUT2D eigenvalue weighted by molar-refractivity contribution is -0.119. The lowest BCUT2D eigenvalue weighted by atomic mass is 10.1. The maximum atomic E-state index is 10.9. The molecule has 6 heteroatoms. The topological polar surface area (TPSA) is 75.8 Å². The Kier molecular flexibility index (Phi) is 5.25. The van der Waals surface area contributed by atoms with Gasteiger partial charge in [-0.05, 0) is 12.6 Å². The van der Waals surface area contributed by atoms with Gasteiger partial charge in [0.15, 0.2) is 11.5 Å². The first-order chi connectivity index (χ1) is 8.47. The lowest BCUT2D eigenvalue weighted by Gasteiger charge is -2.20. The Labute approximate surface area is 111 Å². The predicted molar refractivity (Wildman–Crippen MR) is 69.8 cm³/mol. The number of aromatic hydroxyl groups is 1. The molecule has 0 fully saturated rings. The zero-order valence-electron chi connectivity index (χ0n) is 10.4. The van der Waals surface area contributed by atoms with Gasteiger partial charge in [0.1, 0.15) is 0 Å². The second-order valence-corrected chi connectivity index (χ2v) is 4.32.